The van der Waals surface area contributed by atoms with Gasteiger partial charge in [-0.25, -0.2) is 4.79 Å². The molecule has 2 amide bonds. The maximum Gasteiger partial charge on any atom is 0.321 e. The highest BCUT2D eigenvalue weighted by molar-refractivity contribution is 6.30. The minimum absolute atomic E-state index is 0.0218. The summed E-state index contributed by atoms with van der Waals surface area (Å²) < 4.78 is 5.52. The van der Waals surface area contributed by atoms with Gasteiger partial charge in [0.25, 0.3) is 0 Å². The number of amides is 2. The molecule has 0 saturated carbocycles. The summed E-state index contributed by atoms with van der Waals surface area (Å²) >= 11 is 6.05. The molecule has 150 valence electrons. The number of halogens is 1. The molecule has 0 aliphatic carbocycles. The number of aromatic nitrogens is 2. The van der Waals surface area contributed by atoms with E-state index in [0.717, 1.165) is 35.2 Å². The Labute approximate surface area is 174 Å². The summed E-state index contributed by atoms with van der Waals surface area (Å²) in [5.41, 5.74) is 3.89. The number of nitrogens with one attached hydrogen (secondary N) is 1. The number of carbonyl (C=O) groups excluding carboxylic acids is 1. The van der Waals surface area contributed by atoms with Crippen LogP contribution in [0.1, 0.15) is 35.8 Å². The van der Waals surface area contributed by atoms with Gasteiger partial charge in [0.2, 0.25) is 11.7 Å². The second-order valence-electron chi connectivity index (χ2n) is 7.43. The zero-order chi connectivity index (χ0) is 20.4. The maximum atomic E-state index is 12.8. The SMILES string of the molecule is Cc1cccc(NC(=O)N2CCCC(c3nc(-c4cccc(Cl)c4)no3)C2)c1C. The molecule has 0 radical (unpaired) electrons. The summed E-state index contributed by atoms with van der Waals surface area (Å²) in [7, 11) is 0. The van der Waals surface area contributed by atoms with E-state index in [4.69, 9.17) is 16.1 Å². The van der Waals surface area contributed by atoms with E-state index in [1.165, 1.54) is 0 Å². The Bertz CT molecular complexity index is 1030. The number of hydrogen-bond acceptors (Lipinski definition) is 4. The molecule has 1 aliphatic heterocycles. The number of nitrogens with zero attached hydrogens (tertiary/aromatic N) is 3. The van der Waals surface area contributed by atoms with Gasteiger partial charge < -0.3 is 14.7 Å². The van der Waals surface area contributed by atoms with E-state index in [0.29, 0.717) is 29.8 Å². The molecule has 1 aromatic heterocycles. The topological polar surface area (TPSA) is 71.3 Å². The molecule has 1 N–H and O–H groups in total. The van der Waals surface area contributed by atoms with Gasteiger partial charge in [0.1, 0.15) is 0 Å². The molecule has 1 aliphatic rings. The normalized spacial score (nSPS) is 16.7. The third kappa shape index (κ3) is 4.27. The van der Waals surface area contributed by atoms with Crippen LogP contribution in [-0.2, 0) is 0 Å². The molecule has 6 nitrogen and oxygen atoms in total. The van der Waals surface area contributed by atoms with Crippen molar-refractivity contribution in [3.05, 3.63) is 64.5 Å². The molecule has 1 saturated heterocycles. The molecule has 0 bridgehead atoms. The van der Waals surface area contributed by atoms with Crippen LogP contribution in [-0.4, -0.2) is 34.2 Å². The highest BCUT2D eigenvalue weighted by Crippen LogP contribution is 2.29. The van der Waals surface area contributed by atoms with Crippen LogP contribution in [0, 0.1) is 13.8 Å². The lowest BCUT2D eigenvalue weighted by atomic mass is 9.98. The first-order valence-electron chi connectivity index (χ1n) is 9.73. The lowest BCUT2D eigenvalue weighted by Gasteiger charge is -2.31. The first kappa shape index (κ1) is 19.5. The standard InChI is InChI=1S/C22H23ClN4O2/c1-14-6-3-10-19(15(14)2)24-22(28)27-11-5-8-17(13-27)21-25-20(26-29-21)16-7-4-9-18(23)12-16/h3-4,6-7,9-10,12,17H,5,8,11,13H2,1-2H3,(H,24,28). The van der Waals surface area contributed by atoms with Crippen LogP contribution in [0.4, 0.5) is 10.5 Å². The van der Waals surface area contributed by atoms with Crippen LogP contribution in [0.3, 0.4) is 0 Å². The summed E-state index contributed by atoms with van der Waals surface area (Å²) in [5, 5.41) is 7.76. The van der Waals surface area contributed by atoms with E-state index in [9.17, 15) is 4.79 Å². The van der Waals surface area contributed by atoms with Gasteiger partial charge in [-0.15, -0.1) is 0 Å². The Morgan fingerprint density at radius 2 is 2.07 bits per heavy atom. The molecular formula is C22H23ClN4O2. The molecule has 0 spiro atoms. The molecular weight excluding hydrogens is 388 g/mol. The second-order valence-corrected chi connectivity index (χ2v) is 7.87. The van der Waals surface area contributed by atoms with E-state index >= 15 is 0 Å². The van der Waals surface area contributed by atoms with Gasteiger partial charge in [0, 0.05) is 29.4 Å². The van der Waals surface area contributed by atoms with Crippen molar-refractivity contribution < 1.29 is 9.32 Å². The molecule has 29 heavy (non-hydrogen) atoms. The minimum Gasteiger partial charge on any atom is -0.339 e. The van der Waals surface area contributed by atoms with Crippen LogP contribution in [0.15, 0.2) is 47.0 Å². The number of hydrogen-bond donors (Lipinski definition) is 1. The molecule has 2 heterocycles. The highest BCUT2D eigenvalue weighted by Gasteiger charge is 2.29. The summed E-state index contributed by atoms with van der Waals surface area (Å²) in [4.78, 5) is 19.2. The van der Waals surface area contributed by atoms with Crippen molar-refractivity contribution in [1.82, 2.24) is 15.0 Å². The van der Waals surface area contributed by atoms with Crippen LogP contribution < -0.4 is 5.32 Å². The summed E-state index contributed by atoms with van der Waals surface area (Å²) in [6, 6.07) is 13.2. The van der Waals surface area contributed by atoms with E-state index in [1.54, 1.807) is 12.1 Å². The summed E-state index contributed by atoms with van der Waals surface area (Å²) in [6.07, 6.45) is 1.80. The monoisotopic (exact) mass is 410 g/mol. The van der Waals surface area contributed by atoms with Crippen molar-refractivity contribution in [2.24, 2.45) is 0 Å². The zero-order valence-electron chi connectivity index (χ0n) is 16.5. The molecule has 7 heteroatoms. The number of likely N-dealkylation sites (tertiary alicyclic amines) is 1. The lowest BCUT2D eigenvalue weighted by molar-refractivity contribution is 0.184. The number of piperidine rings is 1. The third-order valence-corrected chi connectivity index (χ3v) is 5.66. The van der Waals surface area contributed by atoms with Crippen molar-refractivity contribution in [2.45, 2.75) is 32.6 Å². The van der Waals surface area contributed by atoms with Gasteiger partial charge in [-0.2, -0.15) is 4.98 Å². The van der Waals surface area contributed by atoms with Crippen molar-refractivity contribution in [2.75, 3.05) is 18.4 Å². The minimum atomic E-state index is -0.0991. The van der Waals surface area contributed by atoms with Crippen molar-refractivity contribution in [1.29, 1.82) is 0 Å². The number of urea groups is 1. The number of carbonyl (C=O) groups is 1. The van der Waals surface area contributed by atoms with Crippen molar-refractivity contribution in [3.8, 4) is 11.4 Å². The average Bonchev–Trinajstić information content (AvgIpc) is 3.22. The van der Waals surface area contributed by atoms with Gasteiger partial charge >= 0.3 is 6.03 Å². The molecule has 3 aromatic rings. The largest absolute Gasteiger partial charge is 0.339 e. The van der Waals surface area contributed by atoms with Crippen LogP contribution in [0.5, 0.6) is 0 Å². The Kier molecular flexibility index (Phi) is 5.53. The van der Waals surface area contributed by atoms with Gasteiger partial charge in [-0.3, -0.25) is 0 Å². The first-order chi connectivity index (χ1) is 14.0. The van der Waals surface area contributed by atoms with Crippen molar-refractivity contribution in [3.63, 3.8) is 0 Å². The fraction of sp³-hybridized carbons (Fsp3) is 0.318. The zero-order valence-corrected chi connectivity index (χ0v) is 17.2. The summed E-state index contributed by atoms with van der Waals surface area (Å²) in [5.74, 6) is 1.09. The number of benzene rings is 2. The van der Waals surface area contributed by atoms with E-state index in [1.807, 2.05) is 49.1 Å². The molecule has 1 unspecified atom stereocenters. The Hall–Kier alpha value is -2.86. The predicted molar refractivity (Wildman–Crippen MR) is 113 cm³/mol. The predicted octanol–water partition coefficient (Wildman–Crippen LogP) is 5.42. The number of anilines is 1. The molecule has 4 rings (SSSR count). The highest BCUT2D eigenvalue weighted by atomic mass is 35.5. The van der Waals surface area contributed by atoms with Crippen molar-refractivity contribution >= 4 is 23.3 Å². The molecule has 1 fully saturated rings. The number of rotatable bonds is 3. The van der Waals surface area contributed by atoms with Crippen LogP contribution in [0.25, 0.3) is 11.4 Å². The van der Waals surface area contributed by atoms with Crippen LogP contribution >= 0.6 is 11.6 Å². The molecule has 1 atom stereocenters. The smallest absolute Gasteiger partial charge is 0.321 e. The molecule has 2 aromatic carbocycles. The van der Waals surface area contributed by atoms with E-state index < -0.39 is 0 Å². The Morgan fingerprint density at radius 3 is 2.90 bits per heavy atom. The fourth-order valence-corrected chi connectivity index (χ4v) is 3.78. The quantitative estimate of drug-likeness (QED) is 0.625. The van der Waals surface area contributed by atoms with E-state index in [-0.39, 0.29) is 11.9 Å². The number of aryl methyl sites for hydroxylation is 1. The second kappa shape index (κ2) is 8.25. The Morgan fingerprint density at radius 1 is 1.24 bits per heavy atom. The third-order valence-electron chi connectivity index (χ3n) is 5.43. The lowest BCUT2D eigenvalue weighted by Crippen LogP contribution is -2.41. The maximum absolute atomic E-state index is 12.8. The fourth-order valence-electron chi connectivity index (χ4n) is 3.59. The van der Waals surface area contributed by atoms with Gasteiger partial charge in [0.15, 0.2) is 0 Å². The van der Waals surface area contributed by atoms with Gasteiger partial charge in [-0.1, -0.05) is 41.0 Å². The summed E-state index contributed by atoms with van der Waals surface area (Å²) in [6.45, 7) is 5.31. The van der Waals surface area contributed by atoms with Crippen LogP contribution in [0.2, 0.25) is 5.02 Å². The average molecular weight is 411 g/mol. The van der Waals surface area contributed by atoms with Gasteiger partial charge in [0.05, 0.1) is 5.92 Å². The Balaban J connectivity index is 1.46. The van der Waals surface area contributed by atoms with E-state index in [2.05, 4.69) is 15.5 Å². The van der Waals surface area contributed by atoms with Gasteiger partial charge in [-0.05, 0) is 56.0 Å². The first-order valence-corrected chi connectivity index (χ1v) is 10.1.